The molecule has 0 spiro atoms. The number of rotatable bonds is 0. The number of aryl methyl sites for hydroxylation is 1. The van der Waals surface area contributed by atoms with E-state index in [0.717, 1.165) is 16.1 Å². The molecular formula is C8H8Cl. The third-order valence-electron chi connectivity index (χ3n) is 1.45. The minimum atomic E-state index is 0.825. The van der Waals surface area contributed by atoms with Gasteiger partial charge in [-0.2, -0.15) is 0 Å². The van der Waals surface area contributed by atoms with Gasteiger partial charge in [0, 0.05) is 5.02 Å². The monoisotopic (exact) mass is 139 g/mol. The highest BCUT2D eigenvalue weighted by molar-refractivity contribution is 6.31. The summed E-state index contributed by atoms with van der Waals surface area (Å²) in [7, 11) is 0. The molecule has 0 heterocycles. The first-order chi connectivity index (χ1) is 4.22. The molecule has 0 aliphatic rings. The highest BCUT2D eigenvalue weighted by Gasteiger charge is 1.94. The number of hydrogen-bond donors (Lipinski definition) is 0. The highest BCUT2D eigenvalue weighted by atomic mass is 35.5. The topological polar surface area (TPSA) is 0 Å². The molecule has 1 radical (unpaired) electrons. The summed E-state index contributed by atoms with van der Waals surface area (Å²) in [5.41, 5.74) is 2.25. The van der Waals surface area contributed by atoms with Gasteiger partial charge in [-0.25, -0.2) is 0 Å². The van der Waals surface area contributed by atoms with Gasteiger partial charge in [0.15, 0.2) is 0 Å². The van der Waals surface area contributed by atoms with Gasteiger partial charge >= 0.3 is 0 Å². The Morgan fingerprint density at radius 2 is 2.11 bits per heavy atom. The minimum absolute atomic E-state index is 0.825. The molecule has 1 aromatic carbocycles. The van der Waals surface area contributed by atoms with Crippen molar-refractivity contribution in [3.63, 3.8) is 0 Å². The van der Waals surface area contributed by atoms with E-state index < -0.39 is 0 Å². The lowest BCUT2D eigenvalue weighted by molar-refractivity contribution is 1.33. The number of hydrogen-bond acceptors (Lipinski definition) is 0. The molecule has 0 fully saturated rings. The van der Waals surface area contributed by atoms with Gasteiger partial charge in [0.2, 0.25) is 0 Å². The Kier molecular flexibility index (Phi) is 1.77. The molecular weight excluding hydrogens is 132 g/mol. The van der Waals surface area contributed by atoms with E-state index >= 15 is 0 Å². The molecule has 0 aromatic heterocycles. The fourth-order valence-corrected chi connectivity index (χ4v) is 0.857. The minimum Gasteiger partial charge on any atom is -0.0840 e. The highest BCUT2D eigenvalue weighted by Crippen LogP contribution is 2.16. The predicted octanol–water partition coefficient (Wildman–Crippen LogP) is 2.76. The molecule has 0 saturated heterocycles. The van der Waals surface area contributed by atoms with Crippen molar-refractivity contribution in [2.45, 2.75) is 13.8 Å². The predicted molar refractivity (Wildman–Crippen MR) is 39.8 cm³/mol. The van der Waals surface area contributed by atoms with E-state index in [1.165, 1.54) is 0 Å². The first-order valence-electron chi connectivity index (χ1n) is 2.85. The van der Waals surface area contributed by atoms with Crippen LogP contribution < -0.4 is 0 Å². The molecule has 0 bridgehead atoms. The Balaban J connectivity index is 3.25. The van der Waals surface area contributed by atoms with Crippen molar-refractivity contribution in [2.75, 3.05) is 0 Å². The fourth-order valence-electron chi connectivity index (χ4n) is 0.652. The Hall–Kier alpha value is -0.490. The van der Waals surface area contributed by atoms with Gasteiger partial charge in [0.05, 0.1) is 0 Å². The molecule has 0 atom stereocenters. The van der Waals surface area contributed by atoms with E-state index in [0.29, 0.717) is 0 Å². The van der Waals surface area contributed by atoms with E-state index in [4.69, 9.17) is 11.6 Å². The average molecular weight is 140 g/mol. The zero-order chi connectivity index (χ0) is 6.85. The second-order valence-electron chi connectivity index (χ2n) is 2.08. The molecule has 0 unspecified atom stereocenters. The second-order valence-corrected chi connectivity index (χ2v) is 2.48. The van der Waals surface area contributed by atoms with Crippen LogP contribution in [0.4, 0.5) is 0 Å². The molecule has 0 aliphatic carbocycles. The molecule has 0 N–H and O–H groups in total. The van der Waals surface area contributed by atoms with Crippen LogP contribution in [-0.4, -0.2) is 0 Å². The summed E-state index contributed by atoms with van der Waals surface area (Å²) in [6.07, 6.45) is 0. The number of halogens is 1. The van der Waals surface area contributed by atoms with Gasteiger partial charge in [-0.1, -0.05) is 17.7 Å². The van der Waals surface area contributed by atoms with Crippen LogP contribution >= 0.6 is 11.6 Å². The third-order valence-corrected chi connectivity index (χ3v) is 1.86. The molecule has 0 aliphatic heterocycles. The molecule has 1 aromatic rings. The van der Waals surface area contributed by atoms with E-state index in [-0.39, 0.29) is 0 Å². The quantitative estimate of drug-likeness (QED) is 0.519. The van der Waals surface area contributed by atoms with Gasteiger partial charge in [-0.3, -0.25) is 0 Å². The Bertz CT molecular complexity index is 196. The van der Waals surface area contributed by atoms with Crippen LogP contribution in [0.25, 0.3) is 0 Å². The summed E-state index contributed by atoms with van der Waals surface area (Å²) < 4.78 is 0. The second kappa shape index (κ2) is 2.40. The van der Waals surface area contributed by atoms with Crippen LogP contribution in [0.2, 0.25) is 5.02 Å². The fraction of sp³-hybridized carbons (Fsp3) is 0.250. The third kappa shape index (κ3) is 1.25. The standard InChI is InChI=1S/C8H8Cl/c1-6-4-3-5-8(9)7(6)2/h3,5H,1-2H3. The normalized spacial score (nSPS) is 9.67. The lowest BCUT2D eigenvalue weighted by Crippen LogP contribution is -1.79. The van der Waals surface area contributed by atoms with Crippen molar-refractivity contribution in [1.29, 1.82) is 0 Å². The molecule has 1 rings (SSSR count). The van der Waals surface area contributed by atoms with Gasteiger partial charge in [-0.05, 0) is 37.1 Å². The van der Waals surface area contributed by atoms with Crippen LogP contribution in [-0.2, 0) is 0 Å². The van der Waals surface area contributed by atoms with Gasteiger partial charge in [-0.15, -0.1) is 0 Å². The van der Waals surface area contributed by atoms with Gasteiger partial charge in [0.25, 0.3) is 0 Å². The summed E-state index contributed by atoms with van der Waals surface area (Å²) in [6.45, 7) is 4.00. The van der Waals surface area contributed by atoms with Crippen LogP contribution in [0.15, 0.2) is 12.1 Å². The Morgan fingerprint density at radius 3 is 2.56 bits per heavy atom. The zero-order valence-corrected chi connectivity index (χ0v) is 6.29. The van der Waals surface area contributed by atoms with Crippen molar-refractivity contribution < 1.29 is 0 Å². The maximum atomic E-state index is 5.79. The van der Waals surface area contributed by atoms with Gasteiger partial charge in [0.1, 0.15) is 0 Å². The van der Waals surface area contributed by atoms with Crippen molar-refractivity contribution in [2.24, 2.45) is 0 Å². The summed E-state index contributed by atoms with van der Waals surface area (Å²) in [4.78, 5) is 0. The Morgan fingerprint density at radius 1 is 1.44 bits per heavy atom. The van der Waals surface area contributed by atoms with Crippen LogP contribution in [0.3, 0.4) is 0 Å². The van der Waals surface area contributed by atoms with E-state index in [9.17, 15) is 0 Å². The van der Waals surface area contributed by atoms with E-state index in [2.05, 4.69) is 6.07 Å². The first-order valence-corrected chi connectivity index (χ1v) is 3.23. The molecule has 47 valence electrons. The van der Waals surface area contributed by atoms with Crippen LogP contribution in [0.5, 0.6) is 0 Å². The summed E-state index contributed by atoms with van der Waals surface area (Å²) in [5.74, 6) is 0. The zero-order valence-electron chi connectivity index (χ0n) is 5.53. The summed E-state index contributed by atoms with van der Waals surface area (Å²) in [5, 5.41) is 0.825. The maximum absolute atomic E-state index is 5.79. The number of benzene rings is 1. The van der Waals surface area contributed by atoms with Crippen LogP contribution in [0.1, 0.15) is 11.1 Å². The largest absolute Gasteiger partial charge is 0.0840 e. The van der Waals surface area contributed by atoms with Gasteiger partial charge < -0.3 is 0 Å². The molecule has 0 nitrogen and oxygen atoms in total. The summed E-state index contributed by atoms with van der Waals surface area (Å²) in [6, 6.07) is 6.74. The van der Waals surface area contributed by atoms with Crippen molar-refractivity contribution >= 4 is 11.6 Å². The van der Waals surface area contributed by atoms with Crippen molar-refractivity contribution in [3.8, 4) is 0 Å². The summed E-state index contributed by atoms with van der Waals surface area (Å²) >= 11 is 5.79. The van der Waals surface area contributed by atoms with Crippen LogP contribution in [0, 0.1) is 19.9 Å². The molecule has 0 amide bonds. The molecule has 9 heavy (non-hydrogen) atoms. The SMILES string of the molecule is Cc1[c]ccc(Cl)c1C. The van der Waals surface area contributed by atoms with Crippen molar-refractivity contribution in [3.05, 3.63) is 34.3 Å². The lowest BCUT2D eigenvalue weighted by Gasteiger charge is -1.98. The maximum Gasteiger partial charge on any atom is 0.0438 e. The van der Waals surface area contributed by atoms with Crippen molar-refractivity contribution in [1.82, 2.24) is 0 Å². The average Bonchev–Trinajstić information content (AvgIpc) is 1.83. The lowest BCUT2D eigenvalue weighted by atomic mass is 10.1. The smallest absolute Gasteiger partial charge is 0.0438 e. The molecule has 1 heteroatoms. The van der Waals surface area contributed by atoms with E-state index in [1.807, 2.05) is 26.0 Å². The van der Waals surface area contributed by atoms with E-state index in [1.54, 1.807) is 0 Å². The first kappa shape index (κ1) is 6.63. The molecule has 0 saturated carbocycles. The Labute approximate surface area is 60.5 Å².